The Labute approximate surface area is 121 Å². The number of hydrogen-bond acceptors (Lipinski definition) is 5. The van der Waals surface area contributed by atoms with Crippen molar-refractivity contribution in [1.82, 2.24) is 10.4 Å². The smallest absolute Gasteiger partial charge is 0.119 e. The number of nitrogens with two attached hydrogens (primary N) is 1. The van der Waals surface area contributed by atoms with Crippen LogP contribution in [-0.2, 0) is 4.74 Å². The summed E-state index contributed by atoms with van der Waals surface area (Å²) < 4.78 is 10.9. The number of ether oxygens (including phenoxy) is 2. The quantitative estimate of drug-likeness (QED) is 0.788. The first kappa shape index (κ1) is 15.3. The number of morpholine rings is 1. The van der Waals surface area contributed by atoms with E-state index in [4.69, 9.17) is 15.2 Å². The van der Waals surface area contributed by atoms with Gasteiger partial charge in [0, 0.05) is 19.6 Å². The van der Waals surface area contributed by atoms with Crippen molar-refractivity contribution < 1.29 is 9.47 Å². The van der Waals surface area contributed by atoms with Gasteiger partial charge in [0.15, 0.2) is 0 Å². The molecule has 0 spiro atoms. The molecule has 0 radical (unpaired) electrons. The van der Waals surface area contributed by atoms with Gasteiger partial charge < -0.3 is 15.2 Å². The largest absolute Gasteiger partial charge is 0.494 e. The summed E-state index contributed by atoms with van der Waals surface area (Å²) >= 11 is 0. The second-order valence-corrected chi connectivity index (χ2v) is 4.93. The van der Waals surface area contributed by atoms with E-state index in [-0.39, 0.29) is 6.04 Å². The van der Waals surface area contributed by atoms with E-state index >= 15 is 0 Å². The third-order valence-electron chi connectivity index (χ3n) is 3.34. The van der Waals surface area contributed by atoms with Crippen molar-refractivity contribution in [3.05, 3.63) is 29.8 Å². The monoisotopic (exact) mass is 279 g/mol. The van der Waals surface area contributed by atoms with Crippen molar-refractivity contribution in [3.63, 3.8) is 0 Å². The number of hydrogen-bond donors (Lipinski definition) is 2. The van der Waals surface area contributed by atoms with Crippen molar-refractivity contribution >= 4 is 0 Å². The van der Waals surface area contributed by atoms with Crippen LogP contribution in [-0.4, -0.2) is 44.5 Å². The minimum Gasteiger partial charge on any atom is -0.494 e. The van der Waals surface area contributed by atoms with E-state index in [1.165, 1.54) is 5.56 Å². The van der Waals surface area contributed by atoms with Crippen LogP contribution in [0.4, 0.5) is 0 Å². The Hall–Kier alpha value is -1.14. The minimum absolute atomic E-state index is 0.133. The van der Waals surface area contributed by atoms with Gasteiger partial charge in [-0.2, -0.15) is 0 Å². The van der Waals surface area contributed by atoms with Gasteiger partial charge in [0.1, 0.15) is 5.75 Å². The molecule has 0 aromatic heterocycles. The van der Waals surface area contributed by atoms with Crippen molar-refractivity contribution in [2.45, 2.75) is 19.4 Å². The number of rotatable bonds is 7. The lowest BCUT2D eigenvalue weighted by molar-refractivity contribution is 0.00404. The molecule has 3 N–H and O–H groups in total. The first-order chi connectivity index (χ1) is 9.83. The molecule has 20 heavy (non-hydrogen) atoms. The molecule has 2 rings (SSSR count). The highest BCUT2D eigenvalue weighted by Crippen LogP contribution is 2.18. The molecule has 0 amide bonds. The standard InChI is InChI=1S/C15H25N3O2/c1-2-9-20-14-5-3-13(4-6-14)15(12-16)17-18-7-10-19-11-8-18/h3-6,15,17H,2,7-12,16H2,1H3. The molecule has 0 bridgehead atoms. The molecule has 1 saturated heterocycles. The molecule has 5 heteroatoms. The van der Waals surface area contributed by atoms with Gasteiger partial charge in [-0.15, -0.1) is 0 Å². The molecule has 0 aliphatic carbocycles. The summed E-state index contributed by atoms with van der Waals surface area (Å²) in [5.74, 6) is 0.915. The first-order valence-corrected chi connectivity index (χ1v) is 7.35. The molecule has 1 aromatic carbocycles. The second-order valence-electron chi connectivity index (χ2n) is 4.93. The predicted molar refractivity (Wildman–Crippen MR) is 79.6 cm³/mol. The Morgan fingerprint density at radius 3 is 2.60 bits per heavy atom. The maximum absolute atomic E-state index is 5.89. The highest BCUT2D eigenvalue weighted by Gasteiger charge is 2.16. The number of nitrogens with one attached hydrogen (secondary N) is 1. The second kappa shape index (κ2) is 8.21. The van der Waals surface area contributed by atoms with Gasteiger partial charge in [-0.05, 0) is 24.1 Å². The van der Waals surface area contributed by atoms with Crippen LogP contribution in [0.15, 0.2) is 24.3 Å². The zero-order valence-electron chi connectivity index (χ0n) is 12.2. The van der Waals surface area contributed by atoms with E-state index in [2.05, 4.69) is 29.5 Å². The minimum atomic E-state index is 0.133. The van der Waals surface area contributed by atoms with E-state index < -0.39 is 0 Å². The molecule has 1 heterocycles. The number of hydrazine groups is 1. The van der Waals surface area contributed by atoms with Gasteiger partial charge in [-0.3, -0.25) is 0 Å². The zero-order chi connectivity index (χ0) is 14.2. The van der Waals surface area contributed by atoms with Crippen LogP contribution >= 0.6 is 0 Å². The van der Waals surface area contributed by atoms with Crippen molar-refractivity contribution in [1.29, 1.82) is 0 Å². The Balaban J connectivity index is 1.92. The van der Waals surface area contributed by atoms with Gasteiger partial charge in [-0.1, -0.05) is 19.1 Å². The van der Waals surface area contributed by atoms with Crippen molar-refractivity contribution in [2.24, 2.45) is 5.73 Å². The molecular formula is C15H25N3O2. The van der Waals surface area contributed by atoms with Crippen LogP contribution < -0.4 is 15.9 Å². The van der Waals surface area contributed by atoms with E-state index in [9.17, 15) is 0 Å². The molecular weight excluding hydrogens is 254 g/mol. The van der Waals surface area contributed by atoms with Gasteiger partial charge in [0.2, 0.25) is 0 Å². The molecule has 1 atom stereocenters. The van der Waals surface area contributed by atoms with Crippen LogP contribution in [0, 0.1) is 0 Å². The Morgan fingerprint density at radius 1 is 1.30 bits per heavy atom. The van der Waals surface area contributed by atoms with Crippen molar-refractivity contribution in [2.75, 3.05) is 39.5 Å². The van der Waals surface area contributed by atoms with Gasteiger partial charge in [0.25, 0.3) is 0 Å². The van der Waals surface area contributed by atoms with Gasteiger partial charge in [0.05, 0.1) is 25.9 Å². The van der Waals surface area contributed by atoms with E-state index in [1.807, 2.05) is 12.1 Å². The summed E-state index contributed by atoms with van der Waals surface area (Å²) in [6, 6.07) is 8.31. The molecule has 112 valence electrons. The topological polar surface area (TPSA) is 59.8 Å². The van der Waals surface area contributed by atoms with E-state index in [0.29, 0.717) is 6.54 Å². The van der Waals surface area contributed by atoms with Crippen molar-refractivity contribution in [3.8, 4) is 5.75 Å². The molecule has 5 nitrogen and oxygen atoms in total. The predicted octanol–water partition coefficient (Wildman–Crippen LogP) is 1.31. The Bertz CT molecular complexity index is 377. The summed E-state index contributed by atoms with van der Waals surface area (Å²) in [5.41, 5.74) is 10.5. The third-order valence-corrected chi connectivity index (χ3v) is 3.34. The van der Waals surface area contributed by atoms with Gasteiger partial charge in [-0.25, -0.2) is 10.4 Å². The molecule has 0 saturated carbocycles. The molecule has 1 aliphatic rings. The zero-order valence-corrected chi connectivity index (χ0v) is 12.2. The average molecular weight is 279 g/mol. The Morgan fingerprint density at radius 2 is 2.00 bits per heavy atom. The average Bonchev–Trinajstić information content (AvgIpc) is 2.52. The highest BCUT2D eigenvalue weighted by molar-refractivity contribution is 5.29. The highest BCUT2D eigenvalue weighted by atomic mass is 16.5. The summed E-state index contributed by atoms with van der Waals surface area (Å²) in [4.78, 5) is 0. The molecule has 1 fully saturated rings. The maximum atomic E-state index is 5.89. The lowest BCUT2D eigenvalue weighted by Gasteiger charge is -2.31. The van der Waals surface area contributed by atoms with Crippen LogP contribution in [0.3, 0.4) is 0 Å². The maximum Gasteiger partial charge on any atom is 0.119 e. The Kier molecular flexibility index (Phi) is 6.26. The fraction of sp³-hybridized carbons (Fsp3) is 0.600. The SMILES string of the molecule is CCCOc1ccc(C(CN)NN2CCOCC2)cc1. The summed E-state index contributed by atoms with van der Waals surface area (Å²) in [7, 11) is 0. The van der Waals surface area contributed by atoms with Crippen LogP contribution in [0.1, 0.15) is 24.9 Å². The fourth-order valence-corrected chi connectivity index (χ4v) is 2.19. The lowest BCUT2D eigenvalue weighted by atomic mass is 10.1. The molecule has 1 unspecified atom stereocenters. The number of benzene rings is 1. The van der Waals surface area contributed by atoms with Gasteiger partial charge >= 0.3 is 0 Å². The van der Waals surface area contributed by atoms with Crippen LogP contribution in [0.2, 0.25) is 0 Å². The third kappa shape index (κ3) is 4.45. The number of nitrogens with zero attached hydrogens (tertiary/aromatic N) is 1. The lowest BCUT2D eigenvalue weighted by Crippen LogP contribution is -2.48. The first-order valence-electron chi connectivity index (χ1n) is 7.35. The summed E-state index contributed by atoms with van der Waals surface area (Å²) in [6.07, 6.45) is 1.02. The summed E-state index contributed by atoms with van der Waals surface area (Å²) in [5, 5.41) is 2.18. The molecule has 1 aromatic rings. The van der Waals surface area contributed by atoms with Crippen LogP contribution in [0.25, 0.3) is 0 Å². The van der Waals surface area contributed by atoms with E-state index in [0.717, 1.165) is 45.1 Å². The summed E-state index contributed by atoms with van der Waals surface area (Å²) in [6.45, 7) is 6.76. The molecule has 1 aliphatic heterocycles. The fourth-order valence-electron chi connectivity index (χ4n) is 2.19. The van der Waals surface area contributed by atoms with E-state index in [1.54, 1.807) is 0 Å². The normalized spacial score (nSPS) is 17.9. The van der Waals surface area contributed by atoms with Crippen LogP contribution in [0.5, 0.6) is 5.75 Å².